The number of rotatable bonds is 7. The fourth-order valence-electron chi connectivity index (χ4n) is 2.83. The summed E-state index contributed by atoms with van der Waals surface area (Å²) in [6.07, 6.45) is 1.38. The van der Waals surface area contributed by atoms with Crippen molar-refractivity contribution in [3.63, 3.8) is 0 Å². The summed E-state index contributed by atoms with van der Waals surface area (Å²) in [6.45, 7) is 1.97. The summed E-state index contributed by atoms with van der Waals surface area (Å²) in [5, 5.41) is 11.5. The first kappa shape index (κ1) is 19.1. The molecule has 0 bridgehead atoms. The second kappa shape index (κ2) is 9.29. The van der Waals surface area contributed by atoms with Gasteiger partial charge in [-0.2, -0.15) is 0 Å². The highest BCUT2D eigenvalue weighted by molar-refractivity contribution is 8.01. The van der Waals surface area contributed by atoms with E-state index >= 15 is 0 Å². The molecule has 1 N–H and O–H groups in total. The number of methoxy groups -OCH3 is 1. The summed E-state index contributed by atoms with van der Waals surface area (Å²) in [5.41, 5.74) is 0.605. The molecule has 1 aromatic carbocycles. The zero-order chi connectivity index (χ0) is 18.4. The SMILES string of the molecule is COCCSc1nnc(NC(=O)C2CCN(c3ccccc3F)CC2)s1. The van der Waals surface area contributed by atoms with Crippen molar-refractivity contribution in [2.45, 2.75) is 17.2 Å². The number of amides is 1. The molecular weight excluding hydrogens is 375 g/mol. The van der Waals surface area contributed by atoms with Crippen LogP contribution in [-0.4, -0.2) is 48.7 Å². The number of nitrogens with one attached hydrogen (secondary N) is 1. The van der Waals surface area contributed by atoms with E-state index in [4.69, 9.17) is 4.74 Å². The second-order valence-electron chi connectivity index (χ2n) is 5.92. The Morgan fingerprint density at radius 3 is 2.88 bits per heavy atom. The van der Waals surface area contributed by atoms with Crippen LogP contribution in [0.15, 0.2) is 28.6 Å². The number of ether oxygens (including phenoxy) is 1. The molecule has 9 heteroatoms. The maximum atomic E-state index is 13.9. The van der Waals surface area contributed by atoms with Gasteiger partial charge in [-0.05, 0) is 25.0 Å². The second-order valence-corrected chi connectivity index (χ2v) is 8.24. The van der Waals surface area contributed by atoms with E-state index in [1.165, 1.54) is 17.4 Å². The van der Waals surface area contributed by atoms with Crippen molar-refractivity contribution in [3.8, 4) is 0 Å². The molecule has 0 unspecified atom stereocenters. The maximum absolute atomic E-state index is 13.9. The smallest absolute Gasteiger partial charge is 0.229 e. The first-order valence-corrected chi connectivity index (χ1v) is 10.2. The van der Waals surface area contributed by atoms with Gasteiger partial charge in [-0.25, -0.2) is 4.39 Å². The summed E-state index contributed by atoms with van der Waals surface area (Å²) >= 11 is 2.92. The zero-order valence-electron chi connectivity index (χ0n) is 14.5. The van der Waals surface area contributed by atoms with E-state index < -0.39 is 0 Å². The Bertz CT molecular complexity index is 735. The lowest BCUT2D eigenvalue weighted by atomic mass is 9.95. The molecule has 0 radical (unpaired) electrons. The first-order valence-electron chi connectivity index (χ1n) is 8.43. The Hall–Kier alpha value is -1.71. The van der Waals surface area contributed by atoms with Crippen LogP contribution in [0.25, 0.3) is 0 Å². The van der Waals surface area contributed by atoms with Crippen LogP contribution >= 0.6 is 23.1 Å². The Kier molecular flexibility index (Phi) is 6.81. The maximum Gasteiger partial charge on any atom is 0.229 e. The number of hydrogen-bond donors (Lipinski definition) is 1. The number of carbonyl (C=O) groups is 1. The van der Waals surface area contributed by atoms with Gasteiger partial charge in [0.1, 0.15) is 5.82 Å². The number of anilines is 2. The number of benzene rings is 1. The highest BCUT2D eigenvalue weighted by Gasteiger charge is 2.26. The quantitative estimate of drug-likeness (QED) is 0.440. The van der Waals surface area contributed by atoms with E-state index in [0.29, 0.717) is 43.4 Å². The van der Waals surface area contributed by atoms with E-state index in [0.717, 1.165) is 10.1 Å². The highest BCUT2D eigenvalue weighted by Crippen LogP contribution is 2.28. The van der Waals surface area contributed by atoms with Crippen molar-refractivity contribution < 1.29 is 13.9 Å². The van der Waals surface area contributed by atoms with Crippen molar-refractivity contribution in [2.24, 2.45) is 5.92 Å². The minimum Gasteiger partial charge on any atom is -0.384 e. The summed E-state index contributed by atoms with van der Waals surface area (Å²) in [4.78, 5) is 14.5. The van der Waals surface area contributed by atoms with Gasteiger partial charge in [-0.3, -0.25) is 4.79 Å². The standard InChI is InChI=1S/C17H21FN4O2S2/c1-24-10-11-25-17-21-20-16(26-17)19-15(23)12-6-8-22(9-7-12)14-5-3-2-4-13(14)18/h2-5,12H,6-11H2,1H3,(H,19,20,23). The van der Waals surface area contributed by atoms with Gasteiger partial charge in [0.05, 0.1) is 12.3 Å². The van der Waals surface area contributed by atoms with Gasteiger partial charge in [0.15, 0.2) is 4.34 Å². The molecule has 1 fully saturated rings. The van der Waals surface area contributed by atoms with Crippen LogP contribution in [0.4, 0.5) is 15.2 Å². The third-order valence-electron chi connectivity index (χ3n) is 4.21. The third kappa shape index (κ3) is 4.93. The number of thioether (sulfide) groups is 1. The number of piperidine rings is 1. The largest absolute Gasteiger partial charge is 0.384 e. The van der Waals surface area contributed by atoms with Gasteiger partial charge in [-0.1, -0.05) is 35.2 Å². The average molecular weight is 397 g/mol. The van der Waals surface area contributed by atoms with Crippen LogP contribution in [0.3, 0.4) is 0 Å². The molecule has 2 aromatic rings. The van der Waals surface area contributed by atoms with Crippen molar-refractivity contribution in [2.75, 3.05) is 42.8 Å². The van der Waals surface area contributed by atoms with Crippen molar-refractivity contribution in [3.05, 3.63) is 30.1 Å². The lowest BCUT2D eigenvalue weighted by Gasteiger charge is -2.33. The van der Waals surface area contributed by atoms with Gasteiger partial charge < -0.3 is 15.0 Å². The minimum absolute atomic E-state index is 0.0391. The number of hydrogen-bond acceptors (Lipinski definition) is 7. The predicted molar refractivity (Wildman–Crippen MR) is 102 cm³/mol. The third-order valence-corrected chi connectivity index (χ3v) is 6.14. The van der Waals surface area contributed by atoms with Crippen LogP contribution in [0.1, 0.15) is 12.8 Å². The van der Waals surface area contributed by atoms with Crippen LogP contribution in [0.2, 0.25) is 0 Å². The summed E-state index contributed by atoms with van der Waals surface area (Å²) in [6, 6.07) is 6.75. The summed E-state index contributed by atoms with van der Waals surface area (Å²) in [5.74, 6) is 0.449. The average Bonchev–Trinajstić information content (AvgIpc) is 3.10. The minimum atomic E-state index is -0.220. The Morgan fingerprint density at radius 1 is 1.38 bits per heavy atom. The van der Waals surface area contributed by atoms with Gasteiger partial charge >= 0.3 is 0 Å². The normalized spacial score (nSPS) is 15.2. The van der Waals surface area contributed by atoms with Crippen LogP contribution in [-0.2, 0) is 9.53 Å². The van der Waals surface area contributed by atoms with Crippen LogP contribution in [0.5, 0.6) is 0 Å². The Labute approximate surface area is 160 Å². The molecule has 0 saturated carbocycles. The van der Waals surface area contributed by atoms with Gasteiger partial charge in [0.25, 0.3) is 0 Å². The molecule has 0 spiro atoms. The fourth-order valence-corrected chi connectivity index (χ4v) is 4.56. The molecule has 140 valence electrons. The molecule has 6 nitrogen and oxygen atoms in total. The number of carbonyl (C=O) groups excluding carboxylic acids is 1. The molecule has 2 heterocycles. The molecular formula is C17H21FN4O2S2. The number of halogens is 1. The van der Waals surface area contributed by atoms with E-state index in [2.05, 4.69) is 15.5 Å². The molecule has 1 amide bonds. The molecule has 0 aliphatic carbocycles. The first-order chi connectivity index (χ1) is 12.7. The molecule has 1 saturated heterocycles. The van der Waals surface area contributed by atoms with E-state index in [1.54, 1.807) is 31.0 Å². The molecule has 1 aliphatic rings. The van der Waals surface area contributed by atoms with Crippen LogP contribution < -0.4 is 10.2 Å². The number of aromatic nitrogens is 2. The predicted octanol–water partition coefficient (Wildman–Crippen LogP) is 3.27. The van der Waals surface area contributed by atoms with Gasteiger partial charge in [0.2, 0.25) is 11.0 Å². The fraction of sp³-hybridized carbons (Fsp3) is 0.471. The summed E-state index contributed by atoms with van der Waals surface area (Å²) in [7, 11) is 1.66. The monoisotopic (exact) mass is 396 g/mol. The van der Waals surface area contributed by atoms with E-state index in [1.807, 2.05) is 11.0 Å². The van der Waals surface area contributed by atoms with Crippen LogP contribution in [0, 0.1) is 11.7 Å². The Morgan fingerprint density at radius 2 is 2.15 bits per heavy atom. The van der Waals surface area contributed by atoms with Crippen molar-refractivity contribution in [1.29, 1.82) is 0 Å². The number of nitrogens with zero attached hydrogens (tertiary/aromatic N) is 3. The molecule has 3 rings (SSSR count). The van der Waals surface area contributed by atoms with Crippen molar-refractivity contribution in [1.82, 2.24) is 10.2 Å². The lowest BCUT2D eigenvalue weighted by molar-refractivity contribution is -0.120. The zero-order valence-corrected chi connectivity index (χ0v) is 16.1. The molecule has 26 heavy (non-hydrogen) atoms. The molecule has 0 atom stereocenters. The van der Waals surface area contributed by atoms with E-state index in [-0.39, 0.29) is 17.6 Å². The Balaban J connectivity index is 1.49. The van der Waals surface area contributed by atoms with Gasteiger partial charge in [0, 0.05) is 31.9 Å². The molecule has 1 aliphatic heterocycles. The van der Waals surface area contributed by atoms with Gasteiger partial charge in [-0.15, -0.1) is 10.2 Å². The lowest BCUT2D eigenvalue weighted by Crippen LogP contribution is -2.38. The van der Waals surface area contributed by atoms with Crippen molar-refractivity contribution >= 4 is 39.8 Å². The molecule has 1 aromatic heterocycles. The topological polar surface area (TPSA) is 67.4 Å². The summed E-state index contributed by atoms with van der Waals surface area (Å²) < 4.78 is 19.7. The highest BCUT2D eigenvalue weighted by atomic mass is 32.2. The number of para-hydroxylation sites is 1. The van der Waals surface area contributed by atoms with E-state index in [9.17, 15) is 9.18 Å².